The number of fused-ring (bicyclic) bond motifs is 5. The second-order valence-corrected chi connectivity index (χ2v) is 13.2. The Balaban J connectivity index is 1.71. The van der Waals surface area contributed by atoms with Crippen LogP contribution in [-0.2, 0) is 28.7 Å². The number of aliphatic hydroxyl groups excluding tert-OH is 1. The molecular weight excluding hydrogens is 523 g/mol. The highest BCUT2D eigenvalue weighted by Crippen LogP contribution is 2.71. The van der Waals surface area contributed by atoms with Crippen LogP contribution in [0.4, 0.5) is 4.39 Å². The third-order valence-electron chi connectivity index (χ3n) is 10.1. The number of halogens is 1. The first-order valence-corrected chi connectivity index (χ1v) is 15.3. The highest BCUT2D eigenvalue weighted by molar-refractivity contribution is 7.99. The summed E-state index contributed by atoms with van der Waals surface area (Å²) in [7, 11) is 0. The van der Waals surface area contributed by atoms with Crippen molar-refractivity contribution in [3.63, 3.8) is 0 Å². The largest absolute Gasteiger partial charge is 0.457 e. The first kappa shape index (κ1) is 30.0. The number of thioether (sulfide) groups is 1. The molecule has 0 aromatic rings. The third kappa shape index (κ3) is 4.42. The van der Waals surface area contributed by atoms with Gasteiger partial charge >= 0.3 is 11.9 Å². The van der Waals surface area contributed by atoms with Crippen molar-refractivity contribution in [2.24, 2.45) is 28.6 Å². The average Bonchev–Trinajstić information content (AvgIpc) is 3.10. The number of aliphatic hydroxyl groups is 1. The van der Waals surface area contributed by atoms with Crippen molar-refractivity contribution in [3.8, 4) is 0 Å². The summed E-state index contributed by atoms with van der Waals surface area (Å²) in [6, 6.07) is 0. The summed E-state index contributed by atoms with van der Waals surface area (Å²) in [5.41, 5.74) is -5.29. The van der Waals surface area contributed by atoms with E-state index in [1.54, 1.807) is 19.9 Å². The van der Waals surface area contributed by atoms with Crippen LogP contribution >= 0.6 is 11.8 Å². The molecule has 39 heavy (non-hydrogen) atoms. The van der Waals surface area contributed by atoms with Crippen molar-refractivity contribution in [2.45, 2.75) is 90.5 Å². The van der Waals surface area contributed by atoms with E-state index in [0.717, 1.165) is 12.2 Å². The van der Waals surface area contributed by atoms with Crippen molar-refractivity contribution in [1.29, 1.82) is 0 Å². The molecule has 0 aromatic heterocycles. The van der Waals surface area contributed by atoms with Gasteiger partial charge in [0, 0.05) is 29.1 Å². The molecule has 0 spiro atoms. The standard InChI is InChI=1S/C30H41FO7S/c1-6-12-39-17-26(36)37-16-24(34)30(38-25(35)7-2)18(3)13-22-21-9-8-19-14-20(32)10-11-27(19,4)29(21,31)23(33)15-28(22,30)5/h10-11,14,18,21-23,33H,6-9,12-13,15-17H2,1-5H3/t18-,21-,22-,23-,27-,28-,29-,30-/m0/s1. The SMILES string of the molecule is CCCSCC(=O)OCC(=O)[C@@]1(OC(=O)CC)[C@@H](C)C[C@H]2[C@@H]3CCC4=CC(=O)C=C[C@]4(C)[C@@]3(F)[C@@H](O)C[C@@]21C. The second kappa shape index (κ2) is 10.8. The normalized spacial score (nSPS) is 40.7. The van der Waals surface area contributed by atoms with E-state index in [-0.39, 0.29) is 30.3 Å². The Labute approximate surface area is 234 Å². The molecule has 0 amide bonds. The van der Waals surface area contributed by atoms with E-state index in [2.05, 4.69) is 0 Å². The maximum absolute atomic E-state index is 17.5. The number of carbonyl (C=O) groups excluding carboxylic acids is 4. The Kier molecular flexibility index (Phi) is 8.27. The molecule has 0 bridgehead atoms. The topological polar surface area (TPSA) is 107 Å². The summed E-state index contributed by atoms with van der Waals surface area (Å²) >= 11 is 1.42. The zero-order valence-corrected chi connectivity index (χ0v) is 24.4. The van der Waals surface area contributed by atoms with Gasteiger partial charge in [0.05, 0.1) is 11.9 Å². The summed E-state index contributed by atoms with van der Waals surface area (Å²) in [5.74, 6) is -2.38. The van der Waals surface area contributed by atoms with Gasteiger partial charge in [-0.2, -0.15) is 11.8 Å². The van der Waals surface area contributed by atoms with Crippen LogP contribution in [0.15, 0.2) is 23.8 Å². The van der Waals surface area contributed by atoms with E-state index >= 15 is 4.39 Å². The fraction of sp³-hybridized carbons (Fsp3) is 0.733. The number of carbonyl (C=O) groups is 4. The molecule has 0 radical (unpaired) electrons. The Morgan fingerprint density at radius 1 is 1.18 bits per heavy atom. The predicted octanol–water partition coefficient (Wildman–Crippen LogP) is 4.55. The first-order chi connectivity index (χ1) is 18.3. The summed E-state index contributed by atoms with van der Waals surface area (Å²) in [4.78, 5) is 51.2. The van der Waals surface area contributed by atoms with E-state index in [0.29, 0.717) is 24.8 Å². The van der Waals surface area contributed by atoms with Gasteiger partial charge in [-0.25, -0.2) is 4.39 Å². The Hall–Kier alpha value is -2.00. The molecular formula is C30H41FO7S. The van der Waals surface area contributed by atoms with Crippen LogP contribution in [0.25, 0.3) is 0 Å². The number of rotatable bonds is 9. The minimum absolute atomic E-state index is 0.0417. The van der Waals surface area contributed by atoms with Crippen molar-refractivity contribution >= 4 is 35.3 Å². The summed E-state index contributed by atoms with van der Waals surface area (Å²) in [6.45, 7) is 8.47. The molecule has 0 unspecified atom stereocenters. The molecule has 0 heterocycles. The van der Waals surface area contributed by atoms with Gasteiger partial charge in [-0.3, -0.25) is 19.2 Å². The minimum Gasteiger partial charge on any atom is -0.457 e. The van der Waals surface area contributed by atoms with Gasteiger partial charge in [0.25, 0.3) is 0 Å². The van der Waals surface area contributed by atoms with Gasteiger partial charge in [0.15, 0.2) is 23.7 Å². The van der Waals surface area contributed by atoms with Crippen LogP contribution in [0.2, 0.25) is 0 Å². The van der Waals surface area contributed by atoms with E-state index < -0.39 is 64.4 Å². The molecule has 216 valence electrons. The monoisotopic (exact) mass is 564 g/mol. The number of allylic oxidation sites excluding steroid dienone is 4. The Bertz CT molecular complexity index is 1100. The number of ketones is 2. The summed E-state index contributed by atoms with van der Waals surface area (Å²) in [5, 5.41) is 11.6. The smallest absolute Gasteiger partial charge is 0.316 e. The van der Waals surface area contributed by atoms with Crippen LogP contribution in [0.5, 0.6) is 0 Å². The van der Waals surface area contributed by atoms with Gasteiger partial charge in [-0.05, 0) is 62.9 Å². The highest BCUT2D eigenvalue weighted by Gasteiger charge is 2.77. The zero-order chi connectivity index (χ0) is 28.8. The molecule has 3 fully saturated rings. The number of hydrogen-bond donors (Lipinski definition) is 1. The molecule has 0 aromatic carbocycles. The number of esters is 2. The van der Waals surface area contributed by atoms with Crippen molar-refractivity contribution in [1.82, 2.24) is 0 Å². The van der Waals surface area contributed by atoms with Gasteiger partial charge in [0.1, 0.15) is 0 Å². The molecule has 9 heteroatoms. The number of hydrogen-bond acceptors (Lipinski definition) is 8. The molecule has 4 rings (SSSR count). The van der Waals surface area contributed by atoms with E-state index in [1.807, 2.05) is 20.8 Å². The van der Waals surface area contributed by atoms with Gasteiger partial charge < -0.3 is 14.6 Å². The van der Waals surface area contributed by atoms with E-state index in [1.165, 1.54) is 23.9 Å². The lowest BCUT2D eigenvalue weighted by Crippen LogP contribution is -2.70. The van der Waals surface area contributed by atoms with Gasteiger partial charge in [-0.15, -0.1) is 0 Å². The fourth-order valence-corrected chi connectivity index (χ4v) is 8.93. The maximum atomic E-state index is 17.5. The Morgan fingerprint density at radius 2 is 1.90 bits per heavy atom. The van der Waals surface area contributed by atoms with Gasteiger partial charge in [-0.1, -0.05) is 39.3 Å². The Morgan fingerprint density at radius 3 is 2.56 bits per heavy atom. The van der Waals surface area contributed by atoms with Gasteiger partial charge in [0.2, 0.25) is 5.78 Å². The number of Topliss-reactive ketones (excluding diaryl/α,β-unsaturated/α-hetero) is 1. The zero-order valence-electron chi connectivity index (χ0n) is 23.6. The molecule has 4 aliphatic carbocycles. The lowest BCUT2D eigenvalue weighted by Gasteiger charge is -2.62. The first-order valence-electron chi connectivity index (χ1n) is 14.1. The molecule has 7 nitrogen and oxygen atoms in total. The van der Waals surface area contributed by atoms with Crippen molar-refractivity contribution < 1.29 is 38.1 Å². The number of alkyl halides is 1. The average molecular weight is 565 g/mol. The lowest BCUT2D eigenvalue weighted by atomic mass is 9.44. The van der Waals surface area contributed by atoms with Crippen LogP contribution < -0.4 is 0 Å². The molecule has 4 aliphatic rings. The third-order valence-corrected chi connectivity index (χ3v) is 11.2. The molecule has 0 saturated heterocycles. The van der Waals surface area contributed by atoms with E-state index in [4.69, 9.17) is 9.47 Å². The van der Waals surface area contributed by atoms with Crippen molar-refractivity contribution in [2.75, 3.05) is 18.1 Å². The van der Waals surface area contributed by atoms with Crippen LogP contribution in [0.1, 0.15) is 73.1 Å². The quantitative estimate of drug-likeness (QED) is 0.321. The van der Waals surface area contributed by atoms with E-state index in [9.17, 15) is 24.3 Å². The maximum Gasteiger partial charge on any atom is 0.316 e. The predicted molar refractivity (Wildman–Crippen MR) is 146 cm³/mol. The molecule has 1 N–H and O–H groups in total. The molecule has 8 atom stereocenters. The number of ether oxygens (including phenoxy) is 2. The highest BCUT2D eigenvalue weighted by atomic mass is 32.2. The summed E-state index contributed by atoms with van der Waals surface area (Å²) in [6.07, 6.45) is 5.13. The molecule has 3 saturated carbocycles. The lowest BCUT2D eigenvalue weighted by molar-refractivity contribution is -0.228. The summed E-state index contributed by atoms with van der Waals surface area (Å²) < 4.78 is 28.8. The fourth-order valence-electron chi connectivity index (χ4n) is 8.25. The second-order valence-electron chi connectivity index (χ2n) is 12.1. The molecule has 0 aliphatic heterocycles. The van der Waals surface area contributed by atoms with Crippen LogP contribution in [-0.4, -0.2) is 64.1 Å². The van der Waals surface area contributed by atoms with Crippen molar-refractivity contribution in [3.05, 3.63) is 23.8 Å². The van der Waals surface area contributed by atoms with Crippen LogP contribution in [0.3, 0.4) is 0 Å². The van der Waals surface area contributed by atoms with Crippen LogP contribution in [0, 0.1) is 28.6 Å². The minimum atomic E-state index is -2.06.